The molecule has 0 N–H and O–H groups in total. The number of hydrogen-bond donors (Lipinski definition) is 0. The standard InChI is InChI=1S/C16H16N2O4/c1-17(16(19)13-4-6-18(20)7-5-13)11-12-2-3-14-15(10-12)22-9-8-21-14/h2-7,10H,8-9,11H2,1H3. The lowest BCUT2D eigenvalue weighted by Gasteiger charge is -2.21. The van der Waals surface area contributed by atoms with Gasteiger partial charge >= 0.3 is 0 Å². The van der Waals surface area contributed by atoms with Gasteiger partial charge in [-0.15, -0.1) is 0 Å². The average Bonchev–Trinajstić information content (AvgIpc) is 2.55. The summed E-state index contributed by atoms with van der Waals surface area (Å²) in [7, 11) is 1.72. The highest BCUT2D eigenvalue weighted by Gasteiger charge is 2.16. The third-order valence-corrected chi connectivity index (χ3v) is 3.42. The zero-order valence-electron chi connectivity index (χ0n) is 12.2. The number of ether oxygens (including phenoxy) is 2. The monoisotopic (exact) mass is 300 g/mol. The molecule has 1 aliphatic heterocycles. The number of hydrogen-bond acceptors (Lipinski definition) is 4. The fourth-order valence-electron chi connectivity index (χ4n) is 2.31. The lowest BCUT2D eigenvalue weighted by molar-refractivity contribution is -0.605. The molecule has 0 fully saturated rings. The molecule has 2 heterocycles. The lowest BCUT2D eigenvalue weighted by atomic mass is 10.1. The molecule has 1 aromatic heterocycles. The highest BCUT2D eigenvalue weighted by atomic mass is 16.6. The van der Waals surface area contributed by atoms with E-state index >= 15 is 0 Å². The van der Waals surface area contributed by atoms with E-state index in [4.69, 9.17) is 9.47 Å². The van der Waals surface area contributed by atoms with E-state index in [1.807, 2.05) is 18.2 Å². The third-order valence-electron chi connectivity index (χ3n) is 3.42. The molecule has 22 heavy (non-hydrogen) atoms. The van der Waals surface area contributed by atoms with E-state index in [9.17, 15) is 10.0 Å². The minimum absolute atomic E-state index is 0.143. The molecular weight excluding hydrogens is 284 g/mol. The molecule has 0 radical (unpaired) electrons. The van der Waals surface area contributed by atoms with Crippen molar-refractivity contribution in [3.05, 3.63) is 59.1 Å². The lowest BCUT2D eigenvalue weighted by Crippen LogP contribution is -2.29. The molecule has 1 aromatic carbocycles. The summed E-state index contributed by atoms with van der Waals surface area (Å²) in [5.74, 6) is 1.29. The summed E-state index contributed by atoms with van der Waals surface area (Å²) in [5.41, 5.74) is 1.43. The van der Waals surface area contributed by atoms with E-state index in [-0.39, 0.29) is 5.91 Å². The first-order valence-electron chi connectivity index (χ1n) is 6.96. The Kier molecular flexibility index (Phi) is 3.82. The first-order valence-corrected chi connectivity index (χ1v) is 6.96. The number of benzene rings is 1. The number of fused-ring (bicyclic) bond motifs is 1. The van der Waals surface area contributed by atoms with Crippen molar-refractivity contribution >= 4 is 5.91 Å². The number of aromatic nitrogens is 1. The van der Waals surface area contributed by atoms with Crippen LogP contribution in [-0.2, 0) is 6.54 Å². The fourth-order valence-corrected chi connectivity index (χ4v) is 2.31. The van der Waals surface area contributed by atoms with Crippen molar-refractivity contribution < 1.29 is 19.0 Å². The predicted octanol–water partition coefficient (Wildman–Crippen LogP) is 1.36. The van der Waals surface area contributed by atoms with Crippen molar-refractivity contribution in [2.45, 2.75) is 6.54 Å². The molecule has 0 unspecified atom stereocenters. The number of rotatable bonds is 3. The molecule has 0 bridgehead atoms. The molecule has 2 aromatic rings. The van der Waals surface area contributed by atoms with Crippen LogP contribution in [0.4, 0.5) is 0 Å². The van der Waals surface area contributed by atoms with Crippen LogP contribution in [0, 0.1) is 5.21 Å². The summed E-state index contributed by atoms with van der Waals surface area (Å²) in [6.07, 6.45) is 2.62. The van der Waals surface area contributed by atoms with Gasteiger partial charge in [0.25, 0.3) is 5.91 Å². The maximum Gasteiger partial charge on any atom is 0.254 e. The summed E-state index contributed by atoms with van der Waals surface area (Å²) in [5, 5.41) is 11.0. The van der Waals surface area contributed by atoms with E-state index in [2.05, 4.69) is 0 Å². The second-order valence-electron chi connectivity index (χ2n) is 5.09. The molecule has 0 saturated heterocycles. The number of amides is 1. The van der Waals surface area contributed by atoms with Crippen molar-refractivity contribution in [2.24, 2.45) is 0 Å². The van der Waals surface area contributed by atoms with Gasteiger partial charge in [-0.05, 0) is 17.7 Å². The second-order valence-corrected chi connectivity index (χ2v) is 5.09. The van der Waals surface area contributed by atoms with Crippen LogP contribution in [0.2, 0.25) is 0 Å². The third kappa shape index (κ3) is 2.95. The number of pyridine rings is 1. The van der Waals surface area contributed by atoms with Crippen LogP contribution in [0.25, 0.3) is 0 Å². The summed E-state index contributed by atoms with van der Waals surface area (Å²) < 4.78 is 11.7. The molecule has 6 nitrogen and oxygen atoms in total. The van der Waals surface area contributed by atoms with Crippen LogP contribution in [0.5, 0.6) is 11.5 Å². The van der Waals surface area contributed by atoms with Gasteiger partial charge in [0, 0.05) is 25.7 Å². The van der Waals surface area contributed by atoms with E-state index in [1.165, 1.54) is 24.5 Å². The number of carbonyl (C=O) groups is 1. The normalized spacial score (nSPS) is 12.8. The average molecular weight is 300 g/mol. The van der Waals surface area contributed by atoms with Crippen molar-refractivity contribution in [2.75, 3.05) is 20.3 Å². The molecule has 1 aliphatic rings. The van der Waals surface area contributed by atoms with Gasteiger partial charge in [0.2, 0.25) is 0 Å². The second kappa shape index (κ2) is 5.93. The van der Waals surface area contributed by atoms with E-state index < -0.39 is 0 Å². The summed E-state index contributed by atoms with van der Waals surface area (Å²) >= 11 is 0. The Bertz CT molecular complexity index is 685. The highest BCUT2D eigenvalue weighted by Crippen LogP contribution is 2.31. The first kappa shape index (κ1) is 14.2. The molecule has 0 spiro atoms. The van der Waals surface area contributed by atoms with Gasteiger partial charge < -0.3 is 19.6 Å². The Labute approximate surface area is 128 Å². The van der Waals surface area contributed by atoms with Gasteiger partial charge in [-0.3, -0.25) is 4.79 Å². The zero-order chi connectivity index (χ0) is 15.5. The number of carbonyl (C=O) groups excluding carboxylic acids is 1. The molecule has 0 aliphatic carbocycles. The van der Waals surface area contributed by atoms with Crippen LogP contribution >= 0.6 is 0 Å². The van der Waals surface area contributed by atoms with Gasteiger partial charge in [0.15, 0.2) is 23.9 Å². The van der Waals surface area contributed by atoms with Crippen molar-refractivity contribution in [1.29, 1.82) is 0 Å². The quantitative estimate of drug-likeness (QED) is 0.634. The topological polar surface area (TPSA) is 65.7 Å². The van der Waals surface area contributed by atoms with Crippen LogP contribution in [0.3, 0.4) is 0 Å². The molecule has 0 atom stereocenters. The molecule has 6 heteroatoms. The van der Waals surface area contributed by atoms with E-state index in [1.54, 1.807) is 11.9 Å². The molecule has 3 rings (SSSR count). The van der Waals surface area contributed by atoms with Gasteiger partial charge in [0.05, 0.1) is 5.56 Å². The van der Waals surface area contributed by atoms with Gasteiger partial charge in [-0.25, -0.2) is 0 Å². The van der Waals surface area contributed by atoms with Crippen molar-refractivity contribution in [1.82, 2.24) is 4.90 Å². The van der Waals surface area contributed by atoms with Crippen LogP contribution < -0.4 is 14.2 Å². The Hall–Kier alpha value is -2.76. The molecular formula is C16H16N2O4. The Morgan fingerprint density at radius 2 is 1.86 bits per heavy atom. The largest absolute Gasteiger partial charge is 0.619 e. The maximum absolute atomic E-state index is 12.3. The Morgan fingerprint density at radius 3 is 2.59 bits per heavy atom. The molecule has 1 amide bonds. The Balaban J connectivity index is 1.72. The molecule has 114 valence electrons. The van der Waals surface area contributed by atoms with Gasteiger partial charge in [-0.2, -0.15) is 4.73 Å². The van der Waals surface area contributed by atoms with Crippen LogP contribution in [0.1, 0.15) is 15.9 Å². The van der Waals surface area contributed by atoms with Crippen molar-refractivity contribution in [3.63, 3.8) is 0 Å². The van der Waals surface area contributed by atoms with Crippen LogP contribution in [-0.4, -0.2) is 31.1 Å². The predicted molar refractivity (Wildman–Crippen MR) is 78.6 cm³/mol. The maximum atomic E-state index is 12.3. The minimum atomic E-state index is -0.143. The van der Waals surface area contributed by atoms with Crippen molar-refractivity contribution in [3.8, 4) is 11.5 Å². The SMILES string of the molecule is CN(Cc1ccc2c(c1)OCCO2)C(=O)c1cc[n+]([O-])cc1. The summed E-state index contributed by atoms with van der Waals surface area (Å²) in [6, 6.07) is 8.67. The zero-order valence-corrected chi connectivity index (χ0v) is 12.2. The summed E-state index contributed by atoms with van der Waals surface area (Å²) in [6.45, 7) is 1.53. The number of nitrogens with zero attached hydrogens (tertiary/aromatic N) is 2. The molecule has 0 saturated carbocycles. The first-order chi connectivity index (χ1) is 10.6. The fraction of sp³-hybridized carbons (Fsp3) is 0.250. The van der Waals surface area contributed by atoms with Crippen LogP contribution in [0.15, 0.2) is 42.7 Å². The highest BCUT2D eigenvalue weighted by molar-refractivity contribution is 5.93. The van der Waals surface area contributed by atoms with Gasteiger partial charge in [-0.1, -0.05) is 6.07 Å². The Morgan fingerprint density at radius 1 is 1.18 bits per heavy atom. The summed E-state index contributed by atoms with van der Waals surface area (Å²) in [4.78, 5) is 13.9. The van der Waals surface area contributed by atoms with E-state index in [0.29, 0.717) is 35.8 Å². The van der Waals surface area contributed by atoms with Gasteiger partial charge in [0.1, 0.15) is 13.2 Å². The van der Waals surface area contributed by atoms with E-state index in [0.717, 1.165) is 11.3 Å². The minimum Gasteiger partial charge on any atom is -0.619 e. The smallest absolute Gasteiger partial charge is 0.254 e.